The van der Waals surface area contributed by atoms with Gasteiger partial charge in [0.15, 0.2) is 0 Å². The molecule has 2 aromatic rings. The lowest BCUT2D eigenvalue weighted by Crippen LogP contribution is -2.41. The summed E-state index contributed by atoms with van der Waals surface area (Å²) in [5.74, 6) is -0.459. The molecule has 1 unspecified atom stereocenters. The predicted molar refractivity (Wildman–Crippen MR) is 82.1 cm³/mol. The van der Waals surface area contributed by atoms with E-state index in [0.29, 0.717) is 11.5 Å². The second-order valence-electron chi connectivity index (χ2n) is 4.69. The number of aliphatic carboxylic acids is 1. The molecular formula is C14H17N3O3S. The van der Waals surface area contributed by atoms with Gasteiger partial charge in [0.1, 0.15) is 6.04 Å². The highest BCUT2D eigenvalue weighted by Crippen LogP contribution is 2.22. The number of hydrogen-bond acceptors (Lipinski definition) is 4. The Balaban J connectivity index is 2.01. The minimum absolute atomic E-state index is 0.305. The van der Waals surface area contributed by atoms with Crippen molar-refractivity contribution in [2.45, 2.75) is 18.7 Å². The summed E-state index contributed by atoms with van der Waals surface area (Å²) >= 11 is 1.44. The molecule has 21 heavy (non-hydrogen) atoms. The third kappa shape index (κ3) is 3.75. The van der Waals surface area contributed by atoms with Crippen molar-refractivity contribution in [3.8, 4) is 0 Å². The summed E-state index contributed by atoms with van der Waals surface area (Å²) in [6.45, 7) is 1.31. The first-order valence-electron chi connectivity index (χ1n) is 6.47. The molecule has 1 aromatic carbocycles. The Bertz CT molecular complexity index is 669. The molecule has 2 N–H and O–H groups in total. The molecule has 0 aliphatic rings. The number of fused-ring (bicyclic) bond motifs is 1. The zero-order valence-electron chi connectivity index (χ0n) is 11.9. The van der Waals surface area contributed by atoms with Crippen LogP contribution in [0.1, 0.15) is 12.6 Å². The summed E-state index contributed by atoms with van der Waals surface area (Å²) in [4.78, 5) is 22.0. The van der Waals surface area contributed by atoms with E-state index in [2.05, 4.69) is 10.4 Å². The van der Waals surface area contributed by atoms with E-state index < -0.39 is 12.0 Å². The number of hydrogen-bond donors (Lipinski definition) is 2. The normalized spacial score (nSPS) is 12.3. The van der Waals surface area contributed by atoms with Crippen molar-refractivity contribution in [2.75, 3.05) is 5.75 Å². The smallest absolute Gasteiger partial charge is 0.327 e. The molecule has 0 saturated heterocycles. The number of benzene rings is 1. The predicted octanol–water partition coefficient (Wildman–Crippen LogP) is 1.40. The van der Waals surface area contributed by atoms with Gasteiger partial charge in [-0.25, -0.2) is 4.79 Å². The average molecular weight is 307 g/mol. The molecule has 2 rings (SSSR count). The molecule has 0 aliphatic carbocycles. The molecule has 1 aromatic heterocycles. The number of nitrogens with zero attached hydrogens (tertiary/aromatic N) is 2. The topological polar surface area (TPSA) is 84.2 Å². The van der Waals surface area contributed by atoms with E-state index in [-0.39, 0.29) is 5.91 Å². The van der Waals surface area contributed by atoms with Crippen LogP contribution >= 0.6 is 11.8 Å². The summed E-state index contributed by atoms with van der Waals surface area (Å²) < 4.78 is 1.81. The van der Waals surface area contributed by atoms with Crippen LogP contribution in [0.5, 0.6) is 0 Å². The average Bonchev–Trinajstić information content (AvgIpc) is 2.75. The quantitative estimate of drug-likeness (QED) is 0.842. The number of amides is 1. The maximum absolute atomic E-state index is 11.0. The monoisotopic (exact) mass is 307 g/mol. The Hall–Kier alpha value is -2.02. The molecule has 0 saturated carbocycles. The van der Waals surface area contributed by atoms with Crippen LogP contribution in [-0.2, 0) is 22.4 Å². The molecule has 0 fully saturated rings. The van der Waals surface area contributed by atoms with Gasteiger partial charge < -0.3 is 10.4 Å². The Morgan fingerprint density at radius 3 is 2.81 bits per heavy atom. The lowest BCUT2D eigenvalue weighted by Gasteiger charge is -2.12. The van der Waals surface area contributed by atoms with Gasteiger partial charge in [0.05, 0.1) is 11.2 Å². The molecular weight excluding hydrogens is 290 g/mol. The van der Waals surface area contributed by atoms with Crippen molar-refractivity contribution >= 4 is 34.5 Å². The number of nitrogens with one attached hydrogen (secondary N) is 1. The highest BCUT2D eigenvalue weighted by Gasteiger charge is 2.18. The summed E-state index contributed by atoms with van der Waals surface area (Å²) in [6, 6.07) is 7.03. The maximum Gasteiger partial charge on any atom is 0.327 e. The minimum Gasteiger partial charge on any atom is -0.480 e. The molecule has 0 bridgehead atoms. The van der Waals surface area contributed by atoms with Gasteiger partial charge in [0.2, 0.25) is 5.91 Å². The number of para-hydroxylation sites is 1. The Morgan fingerprint density at radius 2 is 2.14 bits per heavy atom. The number of carbonyl (C=O) groups excluding carboxylic acids is 1. The van der Waals surface area contributed by atoms with Crippen molar-refractivity contribution in [3.63, 3.8) is 0 Å². The summed E-state index contributed by atoms with van der Waals surface area (Å²) in [5, 5.41) is 17.0. The first-order chi connectivity index (χ1) is 9.99. The molecule has 1 heterocycles. The molecule has 1 amide bonds. The number of thioether (sulfide) groups is 1. The van der Waals surface area contributed by atoms with E-state index in [1.165, 1.54) is 18.7 Å². The van der Waals surface area contributed by atoms with Crippen LogP contribution < -0.4 is 5.32 Å². The molecule has 0 aliphatic heterocycles. The SMILES string of the molecule is CC(=O)NC(CSCc1nn(C)c2ccccc12)C(=O)O. The van der Waals surface area contributed by atoms with E-state index in [1.54, 1.807) is 0 Å². The fourth-order valence-electron chi connectivity index (χ4n) is 2.09. The Morgan fingerprint density at radius 1 is 1.43 bits per heavy atom. The molecule has 7 heteroatoms. The number of aromatic nitrogens is 2. The summed E-state index contributed by atoms with van der Waals surface area (Å²) in [7, 11) is 1.88. The van der Waals surface area contributed by atoms with Crippen molar-refractivity contribution in [1.82, 2.24) is 15.1 Å². The lowest BCUT2D eigenvalue weighted by atomic mass is 10.2. The highest BCUT2D eigenvalue weighted by molar-refractivity contribution is 7.98. The first-order valence-corrected chi connectivity index (χ1v) is 7.62. The van der Waals surface area contributed by atoms with Crippen LogP contribution in [0.2, 0.25) is 0 Å². The van der Waals surface area contributed by atoms with Gasteiger partial charge in [-0.2, -0.15) is 16.9 Å². The van der Waals surface area contributed by atoms with Crippen LogP contribution in [0.25, 0.3) is 10.9 Å². The van der Waals surface area contributed by atoms with E-state index in [9.17, 15) is 9.59 Å². The van der Waals surface area contributed by atoms with Gasteiger partial charge in [-0.1, -0.05) is 18.2 Å². The standard InChI is InChI=1S/C14H17N3O3S/c1-9(18)15-12(14(19)20)8-21-7-11-10-5-3-4-6-13(10)17(2)16-11/h3-6,12H,7-8H2,1-2H3,(H,15,18)(H,19,20). The maximum atomic E-state index is 11.0. The van der Waals surface area contributed by atoms with E-state index in [4.69, 9.17) is 5.11 Å². The number of carboxylic acids is 1. The van der Waals surface area contributed by atoms with Gasteiger partial charge in [-0.05, 0) is 6.07 Å². The van der Waals surface area contributed by atoms with Crippen molar-refractivity contribution in [1.29, 1.82) is 0 Å². The zero-order valence-corrected chi connectivity index (χ0v) is 12.7. The third-order valence-electron chi connectivity index (χ3n) is 3.03. The van der Waals surface area contributed by atoms with E-state index in [0.717, 1.165) is 16.6 Å². The summed E-state index contributed by atoms with van der Waals surface area (Å²) in [5.41, 5.74) is 1.97. The zero-order chi connectivity index (χ0) is 15.4. The largest absolute Gasteiger partial charge is 0.480 e. The van der Waals surface area contributed by atoms with Gasteiger partial charge in [-0.15, -0.1) is 0 Å². The number of aryl methyl sites for hydroxylation is 1. The van der Waals surface area contributed by atoms with Crippen molar-refractivity contribution in [3.05, 3.63) is 30.0 Å². The number of carbonyl (C=O) groups is 2. The second-order valence-corrected chi connectivity index (χ2v) is 5.72. The van der Waals surface area contributed by atoms with Crippen LogP contribution in [0.3, 0.4) is 0 Å². The van der Waals surface area contributed by atoms with Gasteiger partial charge in [0, 0.05) is 30.9 Å². The van der Waals surface area contributed by atoms with Crippen LogP contribution in [0.15, 0.2) is 24.3 Å². The Kier molecular flexibility index (Phi) is 4.85. The minimum atomic E-state index is -1.02. The second kappa shape index (κ2) is 6.62. The van der Waals surface area contributed by atoms with E-state index in [1.807, 2.05) is 36.0 Å². The lowest BCUT2D eigenvalue weighted by molar-refractivity contribution is -0.140. The van der Waals surface area contributed by atoms with E-state index >= 15 is 0 Å². The fraction of sp³-hybridized carbons (Fsp3) is 0.357. The van der Waals surface area contributed by atoms with Crippen LogP contribution in [-0.4, -0.2) is 38.6 Å². The van der Waals surface area contributed by atoms with Crippen LogP contribution in [0.4, 0.5) is 0 Å². The van der Waals surface area contributed by atoms with Gasteiger partial charge >= 0.3 is 5.97 Å². The molecule has 1 atom stereocenters. The molecule has 6 nitrogen and oxygen atoms in total. The first kappa shape index (κ1) is 15.4. The van der Waals surface area contributed by atoms with Gasteiger partial charge in [0.25, 0.3) is 0 Å². The fourth-order valence-corrected chi connectivity index (χ4v) is 3.07. The van der Waals surface area contributed by atoms with Crippen molar-refractivity contribution in [2.24, 2.45) is 7.05 Å². The highest BCUT2D eigenvalue weighted by atomic mass is 32.2. The molecule has 112 valence electrons. The summed E-state index contributed by atoms with van der Waals surface area (Å²) in [6.07, 6.45) is 0. The van der Waals surface area contributed by atoms with Crippen LogP contribution in [0, 0.1) is 0 Å². The van der Waals surface area contributed by atoms with Crippen molar-refractivity contribution < 1.29 is 14.7 Å². The number of rotatable bonds is 6. The number of carboxylic acid groups (broad SMARTS) is 1. The third-order valence-corrected chi connectivity index (χ3v) is 4.08. The van der Waals surface area contributed by atoms with Gasteiger partial charge in [-0.3, -0.25) is 9.48 Å². The molecule has 0 spiro atoms. The Labute approximate surface area is 126 Å². The molecule has 0 radical (unpaired) electrons.